The number of amides is 4. The number of thiazole rings is 1. The summed E-state index contributed by atoms with van der Waals surface area (Å²) >= 11 is 1.45. The predicted molar refractivity (Wildman–Crippen MR) is 174 cm³/mol. The number of carbonyl (C=O) groups is 4. The highest BCUT2D eigenvalue weighted by Crippen LogP contribution is 2.30. The molecule has 45 heavy (non-hydrogen) atoms. The lowest BCUT2D eigenvalue weighted by atomic mass is 10.0. The third-order valence-electron chi connectivity index (χ3n) is 7.56. The Balaban J connectivity index is 1.79. The van der Waals surface area contributed by atoms with Crippen LogP contribution in [0.5, 0.6) is 0 Å². The molecule has 2 heterocycles. The molecule has 4 amide bonds. The fraction of sp³-hybridized carbons (Fsp3) is 0.581. The first-order valence-corrected chi connectivity index (χ1v) is 15.8. The van der Waals surface area contributed by atoms with Crippen LogP contribution in [0.25, 0.3) is 0 Å². The molecule has 0 radical (unpaired) electrons. The smallest absolute Gasteiger partial charge is 0.410 e. The molecule has 14 heteroatoms. The van der Waals surface area contributed by atoms with E-state index in [-0.39, 0.29) is 17.7 Å². The molecule has 3 rings (SSSR count). The van der Waals surface area contributed by atoms with E-state index in [1.165, 1.54) is 18.3 Å². The molecule has 0 bridgehead atoms. The summed E-state index contributed by atoms with van der Waals surface area (Å²) in [5, 5.41) is 29.4. The lowest BCUT2D eigenvalue weighted by Crippen LogP contribution is -2.66. The van der Waals surface area contributed by atoms with Crippen molar-refractivity contribution < 1.29 is 29.4 Å². The monoisotopic (exact) mass is 645 g/mol. The maximum Gasteiger partial charge on any atom is 0.410 e. The van der Waals surface area contributed by atoms with Gasteiger partial charge in [-0.2, -0.15) is 0 Å². The highest BCUT2D eigenvalue weighted by atomic mass is 32.1. The molecule has 0 aliphatic carbocycles. The Morgan fingerprint density at radius 2 is 1.58 bits per heavy atom. The van der Waals surface area contributed by atoms with Crippen molar-refractivity contribution in [1.29, 1.82) is 0 Å². The molecule has 248 valence electrons. The van der Waals surface area contributed by atoms with Gasteiger partial charge >= 0.3 is 12.2 Å². The van der Waals surface area contributed by atoms with Crippen LogP contribution < -0.4 is 16.0 Å². The second-order valence-corrected chi connectivity index (χ2v) is 14.4. The highest BCUT2D eigenvalue weighted by molar-refractivity contribution is 7.15. The van der Waals surface area contributed by atoms with Crippen molar-refractivity contribution in [2.75, 3.05) is 30.8 Å². The van der Waals surface area contributed by atoms with E-state index in [1.54, 1.807) is 48.6 Å². The number of benzene rings is 1. The van der Waals surface area contributed by atoms with Crippen LogP contribution in [0.2, 0.25) is 0 Å². The molecule has 1 aliphatic heterocycles. The zero-order valence-corrected chi connectivity index (χ0v) is 28.2. The van der Waals surface area contributed by atoms with E-state index in [2.05, 4.69) is 20.9 Å². The number of carbonyl (C=O) groups excluding carboxylic acids is 2. The first-order valence-electron chi connectivity index (χ1n) is 15.0. The largest absolute Gasteiger partial charge is 0.465 e. The number of aryl methyl sites for hydroxylation is 2. The van der Waals surface area contributed by atoms with Crippen LogP contribution in [0.1, 0.15) is 71.0 Å². The molecule has 0 spiro atoms. The molecule has 1 aromatic heterocycles. The van der Waals surface area contributed by atoms with Gasteiger partial charge in [0.2, 0.25) is 11.8 Å². The maximum atomic E-state index is 12.4. The molecular formula is C31H47N7O6S. The molecule has 1 fully saturated rings. The van der Waals surface area contributed by atoms with E-state index in [0.29, 0.717) is 36.8 Å². The SMILES string of the molecule is CNC(=O)[C@H]1CCN(Cc2sc(NC(C)=O)nc2CCc2ccc(NC(N(C(=O)O)C(C)(C)C)N(C(=O)O)C(C)(C)C)cc2)C1. The van der Waals surface area contributed by atoms with Gasteiger partial charge in [-0.15, -0.1) is 11.3 Å². The van der Waals surface area contributed by atoms with E-state index in [1.807, 2.05) is 24.3 Å². The van der Waals surface area contributed by atoms with Crippen molar-refractivity contribution in [3.63, 3.8) is 0 Å². The first kappa shape index (κ1) is 35.6. The summed E-state index contributed by atoms with van der Waals surface area (Å²) in [7, 11) is 1.65. The lowest BCUT2D eigenvalue weighted by Gasteiger charge is -2.48. The molecule has 5 N–H and O–H groups in total. The minimum absolute atomic E-state index is 0.0372. The van der Waals surface area contributed by atoms with Crippen LogP contribution in [-0.2, 0) is 29.0 Å². The van der Waals surface area contributed by atoms with Crippen molar-refractivity contribution in [3.05, 3.63) is 40.4 Å². The van der Waals surface area contributed by atoms with Crippen LogP contribution in [0.15, 0.2) is 24.3 Å². The molecule has 1 atom stereocenters. The second-order valence-electron chi connectivity index (χ2n) is 13.3. The number of likely N-dealkylation sites (tertiary alicyclic amines) is 1. The number of hydrogen-bond donors (Lipinski definition) is 5. The third kappa shape index (κ3) is 9.54. The Hall–Kier alpha value is -3.91. The summed E-state index contributed by atoms with van der Waals surface area (Å²) in [6, 6.07) is 7.45. The first-order chi connectivity index (χ1) is 20.9. The van der Waals surface area contributed by atoms with E-state index in [9.17, 15) is 29.4 Å². The van der Waals surface area contributed by atoms with Crippen LogP contribution in [0.3, 0.4) is 0 Å². The molecule has 0 unspecified atom stereocenters. The van der Waals surface area contributed by atoms with Crippen molar-refractivity contribution in [2.24, 2.45) is 5.92 Å². The van der Waals surface area contributed by atoms with Crippen molar-refractivity contribution in [1.82, 2.24) is 25.0 Å². The summed E-state index contributed by atoms with van der Waals surface area (Å²) in [5.41, 5.74) is 0.662. The van der Waals surface area contributed by atoms with Gasteiger partial charge in [0.05, 0.1) is 11.6 Å². The van der Waals surface area contributed by atoms with Crippen molar-refractivity contribution in [2.45, 2.75) is 91.6 Å². The molecule has 1 aliphatic rings. The Bertz CT molecular complexity index is 1330. The molecule has 2 aromatic rings. The summed E-state index contributed by atoms with van der Waals surface area (Å²) in [6.07, 6.45) is -1.60. The van der Waals surface area contributed by atoms with E-state index >= 15 is 0 Å². The number of aromatic nitrogens is 1. The van der Waals surface area contributed by atoms with Crippen molar-refractivity contribution >= 4 is 46.2 Å². The lowest BCUT2D eigenvalue weighted by molar-refractivity contribution is -0.124. The van der Waals surface area contributed by atoms with Gasteiger partial charge in [-0.1, -0.05) is 12.1 Å². The molecule has 0 saturated carbocycles. The van der Waals surface area contributed by atoms with E-state index in [4.69, 9.17) is 4.98 Å². The third-order valence-corrected chi connectivity index (χ3v) is 8.56. The van der Waals surface area contributed by atoms with Crippen LogP contribution in [0, 0.1) is 5.92 Å². The minimum atomic E-state index is -1.25. The van der Waals surface area contributed by atoms with Gasteiger partial charge in [-0.25, -0.2) is 14.6 Å². The number of nitrogens with zero attached hydrogens (tertiary/aromatic N) is 4. The Kier molecular flexibility index (Phi) is 11.4. The maximum absolute atomic E-state index is 12.4. The fourth-order valence-corrected chi connectivity index (χ4v) is 6.54. The van der Waals surface area contributed by atoms with Gasteiger partial charge in [-0.3, -0.25) is 24.3 Å². The van der Waals surface area contributed by atoms with Crippen LogP contribution in [0.4, 0.5) is 20.4 Å². The number of nitrogens with one attached hydrogen (secondary N) is 3. The molecule has 13 nitrogen and oxygen atoms in total. The van der Waals surface area contributed by atoms with Gasteiger partial charge in [-0.05, 0) is 85.0 Å². The van der Waals surface area contributed by atoms with Crippen LogP contribution >= 0.6 is 11.3 Å². The number of rotatable bonds is 11. The molecule has 1 aromatic carbocycles. The number of anilines is 2. The summed E-state index contributed by atoms with van der Waals surface area (Å²) in [4.78, 5) is 58.8. The van der Waals surface area contributed by atoms with Gasteiger partial charge < -0.3 is 26.2 Å². The normalized spacial score (nSPS) is 15.5. The number of carboxylic acid groups (broad SMARTS) is 2. The predicted octanol–water partition coefficient (Wildman–Crippen LogP) is 4.71. The van der Waals surface area contributed by atoms with Gasteiger partial charge in [0.15, 0.2) is 11.4 Å². The summed E-state index contributed by atoms with van der Waals surface area (Å²) < 4.78 is 0. The minimum Gasteiger partial charge on any atom is -0.465 e. The van der Waals surface area contributed by atoms with E-state index in [0.717, 1.165) is 38.9 Å². The van der Waals surface area contributed by atoms with Crippen LogP contribution in [-0.4, -0.2) is 91.4 Å². The average molecular weight is 646 g/mol. The Morgan fingerprint density at radius 1 is 1.00 bits per heavy atom. The summed E-state index contributed by atoms with van der Waals surface area (Å²) in [6.45, 7) is 13.9. The topological polar surface area (TPSA) is 167 Å². The second kappa shape index (κ2) is 14.5. The van der Waals surface area contributed by atoms with Gasteiger partial charge in [0.1, 0.15) is 0 Å². The Morgan fingerprint density at radius 3 is 2.07 bits per heavy atom. The number of hydrogen-bond acceptors (Lipinski definition) is 8. The zero-order chi connectivity index (χ0) is 33.7. The molecule has 1 saturated heterocycles. The Labute approximate surface area is 269 Å². The quantitative estimate of drug-likeness (QED) is 0.218. The summed E-state index contributed by atoms with van der Waals surface area (Å²) in [5.74, 6) is -0.178. The van der Waals surface area contributed by atoms with Gasteiger partial charge in [0, 0.05) is 48.7 Å². The zero-order valence-electron chi connectivity index (χ0n) is 27.4. The fourth-order valence-electron chi connectivity index (χ4n) is 5.44. The van der Waals surface area contributed by atoms with Crippen molar-refractivity contribution in [3.8, 4) is 0 Å². The molecular weight excluding hydrogens is 598 g/mol. The average Bonchev–Trinajstić information content (AvgIpc) is 3.52. The standard InChI is InChI=1S/C31H47N7O6S/c1-19(39)33-26-35-23(24(45-26)18-36-16-15-21(17-36)25(40)32-8)14-11-20-9-12-22(13-10-20)34-27(37(28(41)42)30(2,3)4)38(29(43)44)31(5,6)7/h9-10,12-13,21,27,34H,11,14-18H2,1-8H3,(H,32,40)(H,41,42)(H,43,44)(H,33,35,39)/t21-/m0/s1. The van der Waals surface area contributed by atoms with Gasteiger partial charge in [0.25, 0.3) is 0 Å². The highest BCUT2D eigenvalue weighted by Gasteiger charge is 2.43. The van der Waals surface area contributed by atoms with E-state index < -0.39 is 29.6 Å².